The number of Topliss-reactive ketones (excluding diaryl/α,β-unsaturated/α-hetero) is 1. The predicted octanol–water partition coefficient (Wildman–Crippen LogP) is 2.06. The topological polar surface area (TPSA) is 65.1 Å². The molecule has 1 saturated carbocycles. The molecule has 2 aliphatic heterocycles. The number of hydrogen-bond acceptors (Lipinski definition) is 5. The van der Waals surface area contributed by atoms with E-state index in [0.717, 1.165) is 32.3 Å². The van der Waals surface area contributed by atoms with E-state index in [9.17, 15) is 9.59 Å². The lowest BCUT2D eigenvalue weighted by Gasteiger charge is -2.32. The van der Waals surface area contributed by atoms with Crippen LogP contribution in [0.3, 0.4) is 0 Å². The van der Waals surface area contributed by atoms with Gasteiger partial charge >= 0.3 is 0 Å². The highest BCUT2D eigenvalue weighted by molar-refractivity contribution is 5.97. The molecule has 2 heterocycles. The van der Waals surface area contributed by atoms with Crippen molar-refractivity contribution in [3.63, 3.8) is 0 Å². The molecule has 2 saturated heterocycles. The maximum Gasteiger partial charge on any atom is 0.257 e. The minimum atomic E-state index is -0.486. The first-order valence-corrected chi connectivity index (χ1v) is 9.50. The van der Waals surface area contributed by atoms with Crippen LogP contribution < -0.4 is 4.74 Å². The Balaban J connectivity index is 1.42. The van der Waals surface area contributed by atoms with Crippen molar-refractivity contribution in [1.29, 1.82) is 0 Å². The maximum atomic E-state index is 13.0. The van der Waals surface area contributed by atoms with Crippen molar-refractivity contribution >= 4 is 11.7 Å². The summed E-state index contributed by atoms with van der Waals surface area (Å²) in [5, 5.41) is 0. The van der Waals surface area contributed by atoms with Gasteiger partial charge in [-0.2, -0.15) is 0 Å². The lowest BCUT2D eigenvalue weighted by atomic mass is 10.1. The number of carbonyl (C=O) groups is 2. The van der Waals surface area contributed by atoms with Crippen molar-refractivity contribution < 1.29 is 23.8 Å². The minimum Gasteiger partial charge on any atom is -0.490 e. The zero-order valence-corrected chi connectivity index (χ0v) is 14.9. The second-order valence-electron chi connectivity index (χ2n) is 7.23. The summed E-state index contributed by atoms with van der Waals surface area (Å²) in [5.41, 5.74) is 0.532. The van der Waals surface area contributed by atoms with Gasteiger partial charge in [-0.05, 0) is 37.8 Å². The summed E-state index contributed by atoms with van der Waals surface area (Å²) < 4.78 is 17.1. The van der Waals surface area contributed by atoms with Gasteiger partial charge in [0.2, 0.25) is 0 Å². The van der Waals surface area contributed by atoms with E-state index in [1.165, 1.54) is 0 Å². The molecule has 6 heteroatoms. The molecule has 2 atom stereocenters. The maximum absolute atomic E-state index is 13.0. The van der Waals surface area contributed by atoms with Crippen molar-refractivity contribution in [2.75, 3.05) is 32.9 Å². The molecule has 1 aromatic carbocycles. The molecule has 6 nitrogen and oxygen atoms in total. The van der Waals surface area contributed by atoms with E-state index >= 15 is 0 Å². The quantitative estimate of drug-likeness (QED) is 0.778. The summed E-state index contributed by atoms with van der Waals surface area (Å²) in [5.74, 6) is 0.747. The fourth-order valence-electron chi connectivity index (χ4n) is 3.53. The summed E-state index contributed by atoms with van der Waals surface area (Å²) >= 11 is 0. The van der Waals surface area contributed by atoms with E-state index in [1.54, 1.807) is 11.0 Å². The van der Waals surface area contributed by atoms with E-state index in [0.29, 0.717) is 37.6 Å². The normalized spacial score (nSPS) is 25.9. The summed E-state index contributed by atoms with van der Waals surface area (Å²) in [6.45, 7) is 2.45. The van der Waals surface area contributed by atoms with Crippen LogP contribution in [-0.4, -0.2) is 61.7 Å². The lowest BCUT2D eigenvalue weighted by Crippen LogP contribution is -2.49. The van der Waals surface area contributed by atoms with Crippen LogP contribution in [0.25, 0.3) is 0 Å². The molecule has 3 aliphatic rings. The Hall–Kier alpha value is -1.92. The summed E-state index contributed by atoms with van der Waals surface area (Å²) in [6.07, 6.45) is 3.56. The first-order chi connectivity index (χ1) is 12.7. The highest BCUT2D eigenvalue weighted by Gasteiger charge is 2.38. The van der Waals surface area contributed by atoms with Gasteiger partial charge in [-0.3, -0.25) is 9.59 Å². The molecular formula is C20H25NO5. The highest BCUT2D eigenvalue weighted by atomic mass is 16.5. The number of ether oxygens (including phenoxy) is 3. The monoisotopic (exact) mass is 359 g/mol. The van der Waals surface area contributed by atoms with Crippen LogP contribution in [0, 0.1) is 5.92 Å². The average Bonchev–Trinajstić information content (AvgIpc) is 3.41. The molecule has 0 N–H and O–H groups in total. The van der Waals surface area contributed by atoms with Crippen LogP contribution in [0.5, 0.6) is 5.75 Å². The van der Waals surface area contributed by atoms with Gasteiger partial charge in [0.1, 0.15) is 18.5 Å². The van der Waals surface area contributed by atoms with Crippen molar-refractivity contribution in [3.05, 3.63) is 29.8 Å². The number of para-hydroxylation sites is 1. The van der Waals surface area contributed by atoms with Crippen LogP contribution >= 0.6 is 0 Å². The molecule has 0 spiro atoms. The number of hydrogen-bond donors (Lipinski definition) is 0. The third-order valence-electron chi connectivity index (χ3n) is 5.22. The molecule has 1 amide bonds. The Bertz CT molecular complexity index is 666. The number of rotatable bonds is 6. The molecule has 1 aromatic rings. The average molecular weight is 359 g/mol. The number of carbonyl (C=O) groups excluding carboxylic acids is 2. The predicted molar refractivity (Wildman–Crippen MR) is 94.3 cm³/mol. The van der Waals surface area contributed by atoms with Gasteiger partial charge in [0.05, 0.1) is 24.8 Å². The van der Waals surface area contributed by atoms with Crippen LogP contribution in [-0.2, 0) is 14.3 Å². The molecule has 4 rings (SSSR count). The van der Waals surface area contributed by atoms with E-state index in [1.807, 2.05) is 18.2 Å². The van der Waals surface area contributed by atoms with Gasteiger partial charge in [-0.25, -0.2) is 0 Å². The molecule has 140 valence electrons. The van der Waals surface area contributed by atoms with E-state index < -0.39 is 6.10 Å². The molecule has 0 bridgehead atoms. The van der Waals surface area contributed by atoms with Crippen molar-refractivity contribution in [2.24, 2.45) is 5.92 Å². The fourth-order valence-corrected chi connectivity index (χ4v) is 3.53. The van der Waals surface area contributed by atoms with Gasteiger partial charge in [0, 0.05) is 19.1 Å². The first kappa shape index (κ1) is 17.5. The second-order valence-corrected chi connectivity index (χ2v) is 7.23. The Morgan fingerprint density at radius 1 is 1.12 bits per heavy atom. The van der Waals surface area contributed by atoms with E-state index in [4.69, 9.17) is 14.2 Å². The standard InChI is InChI=1S/C20H25NO5/c22-19(14-7-8-14)18-12-21(9-11-25-18)20(23)16-5-1-2-6-17(16)26-13-15-4-3-10-24-15/h1-2,5-6,14-15,18H,3-4,7-13H2/t15-,18+/m1/s1. The largest absolute Gasteiger partial charge is 0.490 e. The number of benzene rings is 1. The fraction of sp³-hybridized carbons (Fsp3) is 0.600. The molecule has 3 fully saturated rings. The van der Waals surface area contributed by atoms with Gasteiger partial charge in [-0.1, -0.05) is 12.1 Å². The Kier molecular flexibility index (Phi) is 5.22. The van der Waals surface area contributed by atoms with Gasteiger partial charge < -0.3 is 19.1 Å². The molecule has 0 aromatic heterocycles. The molecule has 0 unspecified atom stereocenters. The molecule has 1 aliphatic carbocycles. The zero-order chi connectivity index (χ0) is 17.9. The molecular weight excluding hydrogens is 334 g/mol. The lowest BCUT2D eigenvalue weighted by molar-refractivity contribution is -0.136. The van der Waals surface area contributed by atoms with Crippen molar-refractivity contribution in [2.45, 2.75) is 37.9 Å². The summed E-state index contributed by atoms with van der Waals surface area (Å²) in [4.78, 5) is 27.0. The number of ketones is 1. The van der Waals surface area contributed by atoms with E-state index in [2.05, 4.69) is 0 Å². The van der Waals surface area contributed by atoms with Crippen molar-refractivity contribution in [1.82, 2.24) is 4.90 Å². The second kappa shape index (κ2) is 7.76. The summed E-state index contributed by atoms with van der Waals surface area (Å²) in [6, 6.07) is 7.29. The highest BCUT2D eigenvalue weighted by Crippen LogP contribution is 2.32. The van der Waals surface area contributed by atoms with Gasteiger partial charge in [0.15, 0.2) is 5.78 Å². The third kappa shape index (κ3) is 3.91. The van der Waals surface area contributed by atoms with Crippen LogP contribution in [0.2, 0.25) is 0 Å². The van der Waals surface area contributed by atoms with Crippen LogP contribution in [0.4, 0.5) is 0 Å². The number of nitrogens with zero attached hydrogens (tertiary/aromatic N) is 1. The summed E-state index contributed by atoms with van der Waals surface area (Å²) in [7, 11) is 0. The van der Waals surface area contributed by atoms with Crippen LogP contribution in [0.15, 0.2) is 24.3 Å². The van der Waals surface area contributed by atoms with Gasteiger partial charge in [0.25, 0.3) is 5.91 Å². The number of amides is 1. The molecule has 0 radical (unpaired) electrons. The Morgan fingerprint density at radius 2 is 1.96 bits per heavy atom. The third-order valence-corrected chi connectivity index (χ3v) is 5.22. The number of morpholine rings is 1. The smallest absolute Gasteiger partial charge is 0.257 e. The Morgan fingerprint density at radius 3 is 2.73 bits per heavy atom. The first-order valence-electron chi connectivity index (χ1n) is 9.50. The Labute approximate surface area is 153 Å². The minimum absolute atomic E-state index is 0.0992. The van der Waals surface area contributed by atoms with E-state index in [-0.39, 0.29) is 23.7 Å². The zero-order valence-electron chi connectivity index (χ0n) is 14.9. The SMILES string of the molecule is O=C(C1CC1)[C@@H]1CN(C(=O)c2ccccc2OC[C@H]2CCCO2)CCO1. The van der Waals surface area contributed by atoms with Crippen LogP contribution in [0.1, 0.15) is 36.0 Å². The van der Waals surface area contributed by atoms with Gasteiger partial charge in [-0.15, -0.1) is 0 Å². The van der Waals surface area contributed by atoms with Crippen molar-refractivity contribution in [3.8, 4) is 5.75 Å². The molecule has 26 heavy (non-hydrogen) atoms.